The highest BCUT2D eigenvalue weighted by atomic mass is 79.9. The topological polar surface area (TPSA) is 9.23 Å². The maximum atomic E-state index is 12.4. The maximum Gasteiger partial charge on any atom is 0.416 e. The highest BCUT2D eigenvalue weighted by Crippen LogP contribution is 2.32. The molecule has 0 aliphatic carbocycles. The van der Waals surface area contributed by atoms with E-state index in [4.69, 9.17) is 4.74 Å². The number of halogens is 5. The lowest BCUT2D eigenvalue weighted by Gasteiger charge is -2.12. The van der Waals surface area contributed by atoms with Crippen molar-refractivity contribution in [3.8, 4) is 0 Å². The van der Waals surface area contributed by atoms with E-state index in [1.54, 1.807) is 7.11 Å². The molecule has 0 spiro atoms. The van der Waals surface area contributed by atoms with Crippen molar-refractivity contribution in [3.63, 3.8) is 0 Å². The summed E-state index contributed by atoms with van der Waals surface area (Å²) in [6.07, 6.45) is -3.70. The highest BCUT2D eigenvalue weighted by molar-refractivity contribution is 9.10. The summed E-state index contributed by atoms with van der Waals surface area (Å²) in [5.41, 5.74) is 0.169. The van der Waals surface area contributed by atoms with E-state index in [0.717, 1.165) is 17.7 Å². The Balaban J connectivity index is 2.83. The van der Waals surface area contributed by atoms with Gasteiger partial charge in [0.05, 0.1) is 12.2 Å². The molecule has 1 rings (SSSR count). The van der Waals surface area contributed by atoms with Gasteiger partial charge in [-0.25, -0.2) is 0 Å². The van der Waals surface area contributed by atoms with E-state index >= 15 is 0 Å². The van der Waals surface area contributed by atoms with Gasteiger partial charge in [-0.1, -0.05) is 37.9 Å². The standard InChI is InChI=1S/C11H11Br2F3O/c1-17-6-9(12)4-7-2-3-8(5-10(7)13)11(14,15)16/h2-3,5,9H,4,6H2,1H3. The average molecular weight is 376 g/mol. The van der Waals surface area contributed by atoms with E-state index in [1.807, 2.05) is 0 Å². The van der Waals surface area contributed by atoms with Gasteiger partial charge in [0.2, 0.25) is 0 Å². The van der Waals surface area contributed by atoms with Crippen LogP contribution in [0.3, 0.4) is 0 Å². The minimum absolute atomic E-state index is 0.0838. The van der Waals surface area contributed by atoms with Crippen LogP contribution >= 0.6 is 31.9 Å². The number of benzene rings is 1. The Morgan fingerprint density at radius 3 is 2.47 bits per heavy atom. The molecule has 0 aliphatic heterocycles. The van der Waals surface area contributed by atoms with Crippen molar-refractivity contribution in [1.82, 2.24) is 0 Å². The number of hydrogen-bond acceptors (Lipinski definition) is 1. The summed E-state index contributed by atoms with van der Waals surface area (Å²) >= 11 is 6.56. The van der Waals surface area contributed by atoms with Gasteiger partial charge in [-0.3, -0.25) is 0 Å². The van der Waals surface area contributed by atoms with Crippen LogP contribution in [0.15, 0.2) is 22.7 Å². The zero-order valence-electron chi connectivity index (χ0n) is 9.02. The van der Waals surface area contributed by atoms with Gasteiger partial charge in [0.25, 0.3) is 0 Å². The lowest BCUT2D eigenvalue weighted by atomic mass is 10.1. The lowest BCUT2D eigenvalue weighted by Crippen LogP contribution is -2.11. The van der Waals surface area contributed by atoms with Crippen LogP contribution in [-0.4, -0.2) is 18.5 Å². The fourth-order valence-corrected chi connectivity index (χ4v) is 2.52. The summed E-state index contributed by atoms with van der Waals surface area (Å²) in [6.45, 7) is 0.507. The number of hydrogen-bond donors (Lipinski definition) is 0. The predicted octanol–water partition coefficient (Wildman–Crippen LogP) is 4.42. The van der Waals surface area contributed by atoms with Gasteiger partial charge in [0.1, 0.15) is 0 Å². The fraction of sp³-hybridized carbons (Fsp3) is 0.455. The Labute approximate surface area is 115 Å². The van der Waals surface area contributed by atoms with Crippen molar-refractivity contribution in [3.05, 3.63) is 33.8 Å². The molecule has 6 heteroatoms. The van der Waals surface area contributed by atoms with Crippen LogP contribution in [0.5, 0.6) is 0 Å². The third kappa shape index (κ3) is 4.60. The van der Waals surface area contributed by atoms with Gasteiger partial charge >= 0.3 is 6.18 Å². The summed E-state index contributed by atoms with van der Waals surface area (Å²) in [4.78, 5) is 0.0838. The van der Waals surface area contributed by atoms with Crippen molar-refractivity contribution in [2.24, 2.45) is 0 Å². The molecule has 0 radical (unpaired) electrons. The summed E-state index contributed by atoms with van der Waals surface area (Å²) < 4.78 is 42.7. The van der Waals surface area contributed by atoms with Crippen molar-refractivity contribution in [2.45, 2.75) is 17.4 Å². The molecule has 1 nitrogen and oxygen atoms in total. The minimum Gasteiger partial charge on any atom is -0.384 e. The Bertz CT molecular complexity index is 379. The third-order valence-electron chi connectivity index (χ3n) is 2.17. The Morgan fingerprint density at radius 2 is 2.00 bits per heavy atom. The number of rotatable bonds is 4. The van der Waals surface area contributed by atoms with E-state index in [-0.39, 0.29) is 4.83 Å². The summed E-state index contributed by atoms with van der Waals surface area (Å²) in [5, 5.41) is 0. The quantitative estimate of drug-likeness (QED) is 0.708. The maximum absolute atomic E-state index is 12.4. The summed E-state index contributed by atoms with van der Waals surface area (Å²) in [7, 11) is 1.58. The van der Waals surface area contributed by atoms with Gasteiger partial charge in [0, 0.05) is 16.4 Å². The number of ether oxygens (including phenoxy) is 1. The molecule has 96 valence electrons. The van der Waals surface area contributed by atoms with E-state index in [9.17, 15) is 13.2 Å². The molecule has 1 atom stereocenters. The fourth-order valence-electron chi connectivity index (χ4n) is 1.37. The second-order valence-electron chi connectivity index (χ2n) is 3.56. The molecule has 1 aromatic rings. The Hall–Kier alpha value is -0.0700. The largest absolute Gasteiger partial charge is 0.416 e. The van der Waals surface area contributed by atoms with Crippen LogP contribution in [-0.2, 0) is 17.3 Å². The van der Waals surface area contributed by atoms with Gasteiger partial charge in [0.15, 0.2) is 0 Å². The SMILES string of the molecule is COCC(Br)Cc1ccc(C(F)(F)F)cc1Br. The molecule has 0 saturated carbocycles. The predicted molar refractivity (Wildman–Crippen MR) is 67.4 cm³/mol. The third-order valence-corrected chi connectivity index (χ3v) is 3.50. The van der Waals surface area contributed by atoms with Crippen molar-refractivity contribution >= 4 is 31.9 Å². The van der Waals surface area contributed by atoms with Gasteiger partial charge in [-0.15, -0.1) is 0 Å². The minimum atomic E-state index is -4.30. The smallest absolute Gasteiger partial charge is 0.384 e. The molecule has 0 aliphatic rings. The monoisotopic (exact) mass is 374 g/mol. The van der Waals surface area contributed by atoms with Crippen LogP contribution in [0, 0.1) is 0 Å². The van der Waals surface area contributed by atoms with Crippen molar-refractivity contribution in [2.75, 3.05) is 13.7 Å². The molecule has 0 fully saturated rings. The molecular formula is C11H11Br2F3O. The molecule has 0 amide bonds. The van der Waals surface area contributed by atoms with Crippen molar-refractivity contribution < 1.29 is 17.9 Å². The van der Waals surface area contributed by atoms with Crippen LogP contribution in [0.4, 0.5) is 13.2 Å². The Kier molecular flexibility index (Phi) is 5.47. The van der Waals surface area contributed by atoms with Crippen LogP contribution in [0.2, 0.25) is 0 Å². The Morgan fingerprint density at radius 1 is 1.35 bits per heavy atom. The molecule has 1 aromatic carbocycles. The van der Waals surface area contributed by atoms with Crippen molar-refractivity contribution in [1.29, 1.82) is 0 Å². The van der Waals surface area contributed by atoms with Gasteiger partial charge in [-0.2, -0.15) is 13.2 Å². The van der Waals surface area contributed by atoms with Crippen LogP contribution < -0.4 is 0 Å². The first-order chi connectivity index (χ1) is 7.84. The first-order valence-corrected chi connectivity index (χ1v) is 6.54. The molecule has 0 aromatic heterocycles. The lowest BCUT2D eigenvalue weighted by molar-refractivity contribution is -0.137. The van der Waals surface area contributed by atoms with Gasteiger partial charge < -0.3 is 4.74 Å². The summed E-state index contributed by atoms with van der Waals surface area (Å²) in [5.74, 6) is 0. The number of alkyl halides is 4. The first kappa shape index (κ1) is 15.0. The molecular weight excluding hydrogens is 365 g/mol. The van der Waals surface area contributed by atoms with Crippen LogP contribution in [0.1, 0.15) is 11.1 Å². The zero-order valence-corrected chi connectivity index (χ0v) is 12.2. The highest BCUT2D eigenvalue weighted by Gasteiger charge is 2.30. The average Bonchev–Trinajstić information content (AvgIpc) is 2.20. The van der Waals surface area contributed by atoms with E-state index in [1.165, 1.54) is 6.07 Å². The molecule has 0 N–H and O–H groups in total. The van der Waals surface area contributed by atoms with Gasteiger partial charge in [-0.05, 0) is 24.1 Å². The normalized spacial score (nSPS) is 13.8. The van der Waals surface area contributed by atoms with E-state index in [2.05, 4.69) is 31.9 Å². The number of methoxy groups -OCH3 is 1. The van der Waals surface area contributed by atoms with Crippen LogP contribution in [0.25, 0.3) is 0 Å². The molecule has 1 unspecified atom stereocenters. The second kappa shape index (κ2) is 6.20. The first-order valence-electron chi connectivity index (χ1n) is 4.83. The second-order valence-corrected chi connectivity index (χ2v) is 5.71. The van der Waals surface area contributed by atoms with E-state index < -0.39 is 11.7 Å². The summed E-state index contributed by atoms with van der Waals surface area (Å²) in [6, 6.07) is 3.67. The molecule has 0 heterocycles. The zero-order chi connectivity index (χ0) is 13.1. The molecule has 17 heavy (non-hydrogen) atoms. The van der Waals surface area contributed by atoms with E-state index in [0.29, 0.717) is 17.5 Å². The molecule has 0 saturated heterocycles. The molecule has 0 bridgehead atoms.